The van der Waals surface area contributed by atoms with Gasteiger partial charge in [-0.15, -0.1) is 0 Å². The maximum atomic E-state index is 10.6. The van der Waals surface area contributed by atoms with E-state index in [0.29, 0.717) is 55.3 Å². The van der Waals surface area contributed by atoms with Crippen molar-refractivity contribution in [3.8, 4) is 11.8 Å². The molecule has 9 nitrogen and oxygen atoms in total. The zero-order valence-electron chi connectivity index (χ0n) is 23.5. The lowest BCUT2D eigenvalue weighted by Crippen LogP contribution is -2.59. The van der Waals surface area contributed by atoms with Gasteiger partial charge in [-0.1, -0.05) is 11.6 Å². The van der Waals surface area contributed by atoms with E-state index in [9.17, 15) is 5.11 Å². The minimum absolute atomic E-state index is 0.138. The Balaban J connectivity index is 1.12. The number of nitrogens with zero attached hydrogens (tertiary/aromatic N) is 5. The molecule has 4 unspecified atom stereocenters. The molecular weight excluding hydrogens is 540 g/mol. The summed E-state index contributed by atoms with van der Waals surface area (Å²) < 4.78 is 13.3. The number of phenolic OH excluding ortho intramolecular Hbond substituents is 1. The van der Waals surface area contributed by atoms with Gasteiger partial charge in [0.05, 0.1) is 30.4 Å². The van der Waals surface area contributed by atoms with Crippen LogP contribution in [-0.4, -0.2) is 83.0 Å². The average molecular weight is 579 g/mol. The van der Waals surface area contributed by atoms with Crippen LogP contribution in [0, 0.1) is 0 Å². The Morgan fingerprint density at radius 2 is 1.93 bits per heavy atom. The number of halogens is 1. The van der Waals surface area contributed by atoms with Crippen molar-refractivity contribution in [1.82, 2.24) is 20.2 Å². The van der Waals surface area contributed by atoms with Crippen molar-refractivity contribution in [3.63, 3.8) is 0 Å². The maximum absolute atomic E-state index is 10.6. The number of piperazine rings is 1. The van der Waals surface area contributed by atoms with Crippen molar-refractivity contribution in [3.05, 3.63) is 34.0 Å². The standard InChI is InChI=1S/C31H39ClN6O3/c32-21-11-20(39)12-24(27(21)18-3-4-18)36-14-23-28-26(15-36)40-16-25-22-6-5-19(33-22)13-38(25)29(28)35-30(34-23)41-17-31-7-1-9-37(31)10-2-8-31/h11-12,18-19,22,25-26,33,39H,1-10,13-17H2. The minimum atomic E-state index is -0.154. The molecule has 9 rings (SSSR count). The van der Waals surface area contributed by atoms with Crippen LogP contribution in [0.25, 0.3) is 0 Å². The Kier molecular flexibility index (Phi) is 5.74. The first-order chi connectivity index (χ1) is 20.0. The van der Waals surface area contributed by atoms with Crippen molar-refractivity contribution in [2.24, 2.45) is 0 Å². The van der Waals surface area contributed by atoms with Gasteiger partial charge in [-0.3, -0.25) is 4.90 Å². The Bertz CT molecular complexity index is 1380. The fourth-order valence-corrected chi connectivity index (χ4v) is 9.27. The zero-order chi connectivity index (χ0) is 27.3. The molecule has 2 N–H and O–H groups in total. The Morgan fingerprint density at radius 3 is 2.76 bits per heavy atom. The third-order valence-corrected chi connectivity index (χ3v) is 11.3. The van der Waals surface area contributed by atoms with Crippen molar-refractivity contribution in [2.45, 2.75) is 93.6 Å². The molecule has 41 heavy (non-hydrogen) atoms. The molecule has 218 valence electrons. The molecule has 2 bridgehead atoms. The molecule has 1 aromatic heterocycles. The first-order valence-corrected chi connectivity index (χ1v) is 16.1. The number of benzene rings is 1. The molecule has 6 aliphatic heterocycles. The Morgan fingerprint density at radius 1 is 1.07 bits per heavy atom. The molecule has 0 radical (unpaired) electrons. The smallest absolute Gasteiger partial charge is 0.318 e. The molecule has 10 heteroatoms. The molecule has 4 saturated heterocycles. The van der Waals surface area contributed by atoms with Gasteiger partial charge in [-0.05, 0) is 82.0 Å². The quantitative estimate of drug-likeness (QED) is 0.544. The summed E-state index contributed by atoms with van der Waals surface area (Å²) in [6.45, 7) is 5.89. The number of fused-ring (bicyclic) bond motifs is 6. The molecule has 4 atom stereocenters. The van der Waals surface area contributed by atoms with E-state index in [2.05, 4.69) is 20.0 Å². The summed E-state index contributed by atoms with van der Waals surface area (Å²) in [4.78, 5) is 17.8. The summed E-state index contributed by atoms with van der Waals surface area (Å²) in [6, 6.07) is 5.20. The van der Waals surface area contributed by atoms with Crippen LogP contribution in [0.5, 0.6) is 11.8 Å². The molecule has 1 saturated carbocycles. The molecule has 0 amide bonds. The number of nitrogens with one attached hydrogen (secondary N) is 1. The number of ether oxygens (including phenoxy) is 2. The number of rotatable bonds is 5. The first-order valence-electron chi connectivity index (χ1n) is 15.7. The van der Waals surface area contributed by atoms with Crippen LogP contribution in [0.4, 0.5) is 11.5 Å². The van der Waals surface area contributed by atoms with Crippen molar-refractivity contribution in [1.29, 1.82) is 0 Å². The first kappa shape index (κ1) is 25.2. The van der Waals surface area contributed by atoms with Crippen LogP contribution < -0.4 is 19.9 Å². The molecule has 0 spiro atoms. The molecule has 1 aromatic carbocycles. The lowest BCUT2D eigenvalue weighted by atomic mass is 9.95. The minimum Gasteiger partial charge on any atom is -0.508 e. The summed E-state index contributed by atoms with van der Waals surface area (Å²) in [5, 5.41) is 15.0. The third-order valence-electron chi connectivity index (χ3n) is 11.0. The molecule has 2 aromatic rings. The monoisotopic (exact) mass is 578 g/mol. The molecular formula is C31H39ClN6O3. The largest absolute Gasteiger partial charge is 0.508 e. The third kappa shape index (κ3) is 4.06. The number of phenols is 1. The molecule has 5 fully saturated rings. The second-order valence-electron chi connectivity index (χ2n) is 13.5. The van der Waals surface area contributed by atoms with Gasteiger partial charge >= 0.3 is 6.01 Å². The van der Waals surface area contributed by atoms with Gasteiger partial charge in [0.1, 0.15) is 24.3 Å². The van der Waals surface area contributed by atoms with E-state index in [1.54, 1.807) is 6.07 Å². The number of hydrogen-bond donors (Lipinski definition) is 2. The predicted molar refractivity (Wildman–Crippen MR) is 156 cm³/mol. The summed E-state index contributed by atoms with van der Waals surface area (Å²) >= 11 is 6.73. The van der Waals surface area contributed by atoms with Crippen LogP contribution in [0.15, 0.2) is 12.1 Å². The fraction of sp³-hybridized carbons (Fsp3) is 0.677. The topological polar surface area (TPSA) is 86.2 Å². The van der Waals surface area contributed by atoms with Crippen LogP contribution in [0.1, 0.15) is 80.2 Å². The van der Waals surface area contributed by atoms with Crippen LogP contribution >= 0.6 is 11.6 Å². The summed E-state index contributed by atoms with van der Waals surface area (Å²) in [6.07, 6.45) is 9.37. The lowest BCUT2D eigenvalue weighted by Gasteiger charge is -2.41. The normalized spacial score (nSPS) is 31.5. The highest BCUT2D eigenvalue weighted by Crippen LogP contribution is 2.51. The van der Waals surface area contributed by atoms with Crippen molar-refractivity contribution < 1.29 is 14.6 Å². The highest BCUT2D eigenvalue weighted by atomic mass is 35.5. The van der Waals surface area contributed by atoms with Gasteiger partial charge in [0.2, 0.25) is 0 Å². The van der Waals surface area contributed by atoms with Gasteiger partial charge in [0, 0.05) is 47.5 Å². The lowest BCUT2D eigenvalue weighted by molar-refractivity contribution is 0.0413. The second kappa shape index (κ2) is 9.33. The zero-order valence-corrected chi connectivity index (χ0v) is 24.3. The van der Waals surface area contributed by atoms with E-state index < -0.39 is 0 Å². The van der Waals surface area contributed by atoms with E-state index in [4.69, 9.17) is 31.0 Å². The highest BCUT2D eigenvalue weighted by molar-refractivity contribution is 6.32. The van der Waals surface area contributed by atoms with E-state index >= 15 is 0 Å². The van der Waals surface area contributed by atoms with Crippen LogP contribution in [-0.2, 0) is 11.3 Å². The van der Waals surface area contributed by atoms with E-state index in [-0.39, 0.29) is 23.4 Å². The van der Waals surface area contributed by atoms with Crippen molar-refractivity contribution >= 4 is 23.1 Å². The molecule has 7 heterocycles. The SMILES string of the molecule is Oc1cc(Cl)c(C2CC2)c(N2Cc3nc(OCC45CCCN4CCC5)nc4c3C(C2)OCC2C3CCC(CN42)N3)c1. The number of aromatic nitrogens is 2. The Hall–Kier alpha value is -2.33. The second-order valence-corrected chi connectivity index (χ2v) is 13.9. The Labute approximate surface area is 246 Å². The van der Waals surface area contributed by atoms with Crippen molar-refractivity contribution in [2.75, 3.05) is 49.2 Å². The van der Waals surface area contributed by atoms with Gasteiger partial charge in [0.25, 0.3) is 0 Å². The van der Waals surface area contributed by atoms with Crippen LogP contribution in [0.3, 0.4) is 0 Å². The van der Waals surface area contributed by atoms with E-state index in [1.165, 1.54) is 51.6 Å². The van der Waals surface area contributed by atoms with E-state index in [1.807, 2.05) is 6.07 Å². The number of anilines is 2. The summed E-state index contributed by atoms with van der Waals surface area (Å²) in [5.41, 5.74) is 4.38. The molecule has 1 aliphatic carbocycles. The fourth-order valence-electron chi connectivity index (χ4n) is 8.91. The highest BCUT2D eigenvalue weighted by Gasteiger charge is 2.48. The maximum Gasteiger partial charge on any atom is 0.318 e. The van der Waals surface area contributed by atoms with Gasteiger partial charge < -0.3 is 29.7 Å². The average Bonchev–Trinajstić information content (AvgIpc) is 3.47. The number of hydrogen-bond acceptors (Lipinski definition) is 9. The predicted octanol–water partition coefficient (Wildman–Crippen LogP) is 4.12. The summed E-state index contributed by atoms with van der Waals surface area (Å²) in [5.74, 6) is 1.66. The van der Waals surface area contributed by atoms with Gasteiger partial charge in [-0.2, -0.15) is 9.97 Å². The van der Waals surface area contributed by atoms with Gasteiger partial charge in [-0.25, -0.2) is 0 Å². The number of aromatic hydroxyl groups is 1. The molecule has 7 aliphatic rings. The van der Waals surface area contributed by atoms with Crippen LogP contribution in [0.2, 0.25) is 5.02 Å². The van der Waals surface area contributed by atoms with Gasteiger partial charge in [0.15, 0.2) is 0 Å². The van der Waals surface area contributed by atoms with E-state index in [0.717, 1.165) is 47.7 Å². The summed E-state index contributed by atoms with van der Waals surface area (Å²) in [7, 11) is 0.